The summed E-state index contributed by atoms with van der Waals surface area (Å²) in [6.45, 7) is 2.54. The Morgan fingerprint density at radius 3 is 2.78 bits per heavy atom. The maximum Gasteiger partial charge on any atom is 0.257 e. The molecule has 1 saturated carbocycles. The van der Waals surface area contributed by atoms with E-state index in [9.17, 15) is 4.79 Å². The monoisotopic (exact) mass is 364 g/mol. The molecule has 3 aromatic rings. The first-order valence-electron chi connectivity index (χ1n) is 9.80. The molecule has 0 radical (unpaired) electrons. The second-order valence-corrected chi connectivity index (χ2v) is 7.70. The van der Waals surface area contributed by atoms with E-state index < -0.39 is 0 Å². The summed E-state index contributed by atoms with van der Waals surface area (Å²) in [4.78, 5) is 14.3. The lowest BCUT2D eigenvalue weighted by atomic mass is 10.1. The topological polar surface area (TPSA) is 63.1 Å². The normalized spacial score (nSPS) is 18.1. The number of aromatic nitrogens is 3. The molecule has 2 aromatic heterocycles. The first-order chi connectivity index (χ1) is 13.3. The Kier molecular flexibility index (Phi) is 4.11. The molecule has 0 bridgehead atoms. The van der Waals surface area contributed by atoms with Gasteiger partial charge in [0.15, 0.2) is 0 Å². The standard InChI is InChI=1S/C21H24N4O2/c26-21(16-12-22-23-13-16)24-9-6-17(7-10-24)27-20-3-1-2-19-18(20)8-11-25(19)14-15-4-5-15/h1-3,8,11-13,15,17H,4-7,9-10,14H2,(H,22,23). The largest absolute Gasteiger partial charge is 0.490 e. The first kappa shape index (κ1) is 16.4. The van der Waals surface area contributed by atoms with Crippen LogP contribution in [0.3, 0.4) is 0 Å². The third-order valence-corrected chi connectivity index (χ3v) is 5.69. The highest BCUT2D eigenvalue weighted by atomic mass is 16.5. The molecule has 0 spiro atoms. The molecule has 1 saturated heterocycles. The zero-order chi connectivity index (χ0) is 18.2. The van der Waals surface area contributed by atoms with Crippen molar-refractivity contribution in [3.8, 4) is 5.75 Å². The minimum absolute atomic E-state index is 0.0430. The van der Waals surface area contributed by atoms with Gasteiger partial charge in [0.25, 0.3) is 5.91 Å². The summed E-state index contributed by atoms with van der Waals surface area (Å²) in [6, 6.07) is 8.49. The van der Waals surface area contributed by atoms with Gasteiger partial charge < -0.3 is 14.2 Å². The molecule has 140 valence electrons. The van der Waals surface area contributed by atoms with Gasteiger partial charge in [0, 0.05) is 50.3 Å². The molecular weight excluding hydrogens is 340 g/mol. The molecule has 6 heteroatoms. The van der Waals surface area contributed by atoms with Gasteiger partial charge >= 0.3 is 0 Å². The highest BCUT2D eigenvalue weighted by Gasteiger charge is 2.26. The van der Waals surface area contributed by atoms with Crippen LogP contribution in [-0.4, -0.2) is 44.8 Å². The lowest BCUT2D eigenvalue weighted by molar-refractivity contribution is 0.0598. The first-order valence-corrected chi connectivity index (χ1v) is 9.80. The van der Waals surface area contributed by atoms with Crippen LogP contribution in [0.4, 0.5) is 0 Å². The smallest absolute Gasteiger partial charge is 0.257 e. The van der Waals surface area contributed by atoms with Crippen LogP contribution in [0.15, 0.2) is 42.9 Å². The zero-order valence-corrected chi connectivity index (χ0v) is 15.3. The van der Waals surface area contributed by atoms with Gasteiger partial charge in [-0.3, -0.25) is 9.89 Å². The molecule has 3 heterocycles. The van der Waals surface area contributed by atoms with E-state index in [-0.39, 0.29) is 12.0 Å². The number of benzene rings is 1. The highest BCUT2D eigenvalue weighted by molar-refractivity contribution is 5.93. The molecule has 1 aliphatic heterocycles. The number of fused-ring (bicyclic) bond motifs is 1. The maximum atomic E-state index is 12.4. The van der Waals surface area contributed by atoms with E-state index in [2.05, 4.69) is 45.2 Å². The number of likely N-dealkylation sites (tertiary alicyclic amines) is 1. The molecule has 1 aliphatic carbocycles. The lowest BCUT2D eigenvalue weighted by Gasteiger charge is -2.32. The fourth-order valence-electron chi connectivity index (χ4n) is 3.94. The van der Waals surface area contributed by atoms with E-state index >= 15 is 0 Å². The summed E-state index contributed by atoms with van der Waals surface area (Å²) in [6.07, 6.45) is 9.97. The predicted octanol–water partition coefficient (Wildman–Crippen LogP) is 3.46. The fraction of sp³-hybridized carbons (Fsp3) is 0.429. The molecule has 0 atom stereocenters. The quantitative estimate of drug-likeness (QED) is 0.754. The van der Waals surface area contributed by atoms with E-state index in [0.29, 0.717) is 18.7 Å². The molecule has 0 unspecified atom stereocenters. The number of carbonyl (C=O) groups is 1. The van der Waals surface area contributed by atoms with Crippen molar-refractivity contribution in [2.45, 2.75) is 38.3 Å². The highest BCUT2D eigenvalue weighted by Crippen LogP contribution is 2.34. The van der Waals surface area contributed by atoms with Crippen molar-refractivity contribution in [3.63, 3.8) is 0 Å². The number of carbonyl (C=O) groups excluding carboxylic acids is 1. The summed E-state index contributed by atoms with van der Waals surface area (Å²) >= 11 is 0. The van der Waals surface area contributed by atoms with Gasteiger partial charge in [0.1, 0.15) is 11.9 Å². The molecule has 27 heavy (non-hydrogen) atoms. The van der Waals surface area contributed by atoms with Crippen molar-refractivity contribution < 1.29 is 9.53 Å². The van der Waals surface area contributed by atoms with Gasteiger partial charge in [0.05, 0.1) is 17.3 Å². The van der Waals surface area contributed by atoms with Crippen molar-refractivity contribution in [2.75, 3.05) is 13.1 Å². The minimum atomic E-state index is 0.0430. The Labute approximate surface area is 158 Å². The summed E-state index contributed by atoms with van der Waals surface area (Å²) in [5, 5.41) is 7.75. The number of H-pyrrole nitrogens is 1. The molecule has 2 aliphatic rings. The van der Waals surface area contributed by atoms with Gasteiger partial charge in [-0.1, -0.05) is 6.07 Å². The van der Waals surface area contributed by atoms with Gasteiger partial charge in [-0.25, -0.2) is 0 Å². The van der Waals surface area contributed by atoms with Crippen molar-refractivity contribution >= 4 is 16.8 Å². The van der Waals surface area contributed by atoms with E-state index in [4.69, 9.17) is 4.74 Å². The van der Waals surface area contributed by atoms with Gasteiger partial charge in [-0.2, -0.15) is 5.10 Å². The second kappa shape index (κ2) is 6.76. The summed E-state index contributed by atoms with van der Waals surface area (Å²) in [5.74, 6) is 1.85. The van der Waals surface area contributed by atoms with Crippen LogP contribution in [0.2, 0.25) is 0 Å². The van der Waals surface area contributed by atoms with Gasteiger partial charge in [0.2, 0.25) is 0 Å². The minimum Gasteiger partial charge on any atom is -0.490 e. The van der Waals surface area contributed by atoms with E-state index in [0.717, 1.165) is 31.1 Å². The van der Waals surface area contributed by atoms with E-state index in [1.165, 1.54) is 23.7 Å². The Morgan fingerprint density at radius 2 is 2.04 bits per heavy atom. The van der Waals surface area contributed by atoms with Crippen molar-refractivity contribution in [2.24, 2.45) is 5.92 Å². The molecule has 6 nitrogen and oxygen atoms in total. The molecular formula is C21H24N4O2. The summed E-state index contributed by atoms with van der Waals surface area (Å²) < 4.78 is 8.70. The number of hydrogen-bond donors (Lipinski definition) is 1. The van der Waals surface area contributed by atoms with Crippen LogP contribution in [0.25, 0.3) is 10.9 Å². The number of hydrogen-bond acceptors (Lipinski definition) is 3. The van der Waals surface area contributed by atoms with Crippen LogP contribution < -0.4 is 4.74 Å². The zero-order valence-electron chi connectivity index (χ0n) is 15.3. The van der Waals surface area contributed by atoms with Gasteiger partial charge in [-0.15, -0.1) is 0 Å². The third kappa shape index (κ3) is 3.31. The number of aromatic amines is 1. The number of amides is 1. The Balaban J connectivity index is 1.25. The van der Waals surface area contributed by atoms with Gasteiger partial charge in [-0.05, 0) is 37.0 Å². The molecule has 5 rings (SSSR count). The molecule has 1 N–H and O–H groups in total. The van der Waals surface area contributed by atoms with E-state index in [1.54, 1.807) is 12.4 Å². The Bertz CT molecular complexity index is 934. The van der Waals surface area contributed by atoms with Crippen LogP contribution in [0.1, 0.15) is 36.0 Å². The fourth-order valence-corrected chi connectivity index (χ4v) is 3.94. The summed E-state index contributed by atoms with van der Waals surface area (Å²) in [5.41, 5.74) is 1.88. The summed E-state index contributed by atoms with van der Waals surface area (Å²) in [7, 11) is 0. The lowest BCUT2D eigenvalue weighted by Crippen LogP contribution is -2.41. The van der Waals surface area contributed by atoms with Crippen LogP contribution in [0.5, 0.6) is 5.75 Å². The van der Waals surface area contributed by atoms with Crippen LogP contribution in [-0.2, 0) is 6.54 Å². The predicted molar refractivity (Wildman–Crippen MR) is 103 cm³/mol. The molecule has 1 aromatic carbocycles. The Hall–Kier alpha value is -2.76. The van der Waals surface area contributed by atoms with E-state index in [1.807, 2.05) is 4.90 Å². The van der Waals surface area contributed by atoms with Crippen molar-refractivity contribution in [1.29, 1.82) is 0 Å². The number of nitrogens with zero attached hydrogens (tertiary/aromatic N) is 3. The van der Waals surface area contributed by atoms with Crippen molar-refractivity contribution in [1.82, 2.24) is 19.7 Å². The third-order valence-electron chi connectivity index (χ3n) is 5.69. The number of rotatable bonds is 5. The maximum absolute atomic E-state index is 12.4. The number of piperidine rings is 1. The Morgan fingerprint density at radius 1 is 1.19 bits per heavy atom. The average Bonchev–Trinajstić information content (AvgIpc) is 3.17. The molecule has 1 amide bonds. The van der Waals surface area contributed by atoms with Crippen LogP contribution in [0, 0.1) is 5.92 Å². The number of nitrogens with one attached hydrogen (secondary N) is 1. The van der Waals surface area contributed by atoms with Crippen molar-refractivity contribution in [3.05, 3.63) is 48.4 Å². The average molecular weight is 364 g/mol. The SMILES string of the molecule is O=C(c1cn[nH]c1)N1CCC(Oc2cccc3c2ccn3CC2CC2)CC1. The number of ether oxygens (including phenoxy) is 1. The van der Waals surface area contributed by atoms with Crippen LogP contribution >= 0.6 is 0 Å². The second-order valence-electron chi connectivity index (χ2n) is 7.70. The molecule has 2 fully saturated rings.